The fourth-order valence-electron chi connectivity index (χ4n) is 3.36. The van der Waals surface area contributed by atoms with Crippen molar-refractivity contribution in [1.82, 2.24) is 10.2 Å². The molecule has 0 spiro atoms. The Kier molecular flexibility index (Phi) is 5.68. The van der Waals surface area contributed by atoms with Crippen molar-refractivity contribution in [3.8, 4) is 0 Å². The molecular formula is C19H25N3O4. The van der Waals surface area contributed by atoms with Crippen molar-refractivity contribution in [2.75, 3.05) is 26.7 Å². The van der Waals surface area contributed by atoms with Crippen LogP contribution in [-0.4, -0.2) is 60.3 Å². The Morgan fingerprint density at radius 1 is 1.42 bits per heavy atom. The first kappa shape index (κ1) is 18.5. The van der Waals surface area contributed by atoms with Crippen LogP contribution in [0.1, 0.15) is 47.4 Å². The molecule has 1 saturated heterocycles. The average molecular weight is 359 g/mol. The van der Waals surface area contributed by atoms with Gasteiger partial charge in [-0.3, -0.25) is 9.79 Å². The zero-order valence-electron chi connectivity index (χ0n) is 15.2. The molecule has 2 N–H and O–H groups in total. The highest BCUT2D eigenvalue weighted by Crippen LogP contribution is 2.25. The Balaban J connectivity index is 1.50. The maximum absolute atomic E-state index is 11.9. The molecule has 0 saturated carbocycles. The van der Waals surface area contributed by atoms with Crippen molar-refractivity contribution in [1.29, 1.82) is 0 Å². The van der Waals surface area contributed by atoms with Crippen molar-refractivity contribution in [3.63, 3.8) is 0 Å². The van der Waals surface area contributed by atoms with Crippen LogP contribution in [0.2, 0.25) is 0 Å². The minimum absolute atomic E-state index is 0.110. The van der Waals surface area contributed by atoms with Crippen molar-refractivity contribution >= 4 is 17.6 Å². The number of amides is 1. The average Bonchev–Trinajstić information content (AvgIpc) is 3.03. The van der Waals surface area contributed by atoms with Gasteiger partial charge in [-0.1, -0.05) is 6.07 Å². The summed E-state index contributed by atoms with van der Waals surface area (Å²) in [6, 6.07) is 5.51. The SMILES string of the molecule is C/N=C(\C)C(=O)NC1CCN(CC(O)c2ccc3c(c2)COC3=O)CC1. The Labute approximate surface area is 153 Å². The standard InChI is InChI=1S/C19H25N3O4/c1-12(20-2)18(24)21-15-5-7-22(8-6-15)10-17(23)13-3-4-16-14(9-13)11-26-19(16)25/h3-4,9,15,17,23H,5-8,10-11H2,1-2H3,(H,21,24)/b20-12+. The number of nitrogens with one attached hydrogen (secondary N) is 1. The summed E-state index contributed by atoms with van der Waals surface area (Å²) in [5, 5.41) is 13.5. The largest absolute Gasteiger partial charge is 0.457 e. The third kappa shape index (κ3) is 4.11. The summed E-state index contributed by atoms with van der Waals surface area (Å²) in [7, 11) is 1.61. The highest BCUT2D eigenvalue weighted by Gasteiger charge is 2.25. The number of carbonyl (C=O) groups excluding carboxylic acids is 2. The van der Waals surface area contributed by atoms with Crippen LogP contribution in [-0.2, 0) is 16.1 Å². The number of piperidine rings is 1. The lowest BCUT2D eigenvalue weighted by atomic mass is 10.0. The van der Waals surface area contributed by atoms with E-state index in [2.05, 4.69) is 15.2 Å². The van der Waals surface area contributed by atoms with E-state index in [4.69, 9.17) is 4.74 Å². The second-order valence-electron chi connectivity index (χ2n) is 6.87. The second-order valence-corrected chi connectivity index (χ2v) is 6.87. The predicted molar refractivity (Wildman–Crippen MR) is 97.2 cm³/mol. The topological polar surface area (TPSA) is 91.2 Å². The number of ether oxygens (including phenoxy) is 1. The molecule has 140 valence electrons. The number of aliphatic hydroxyl groups excluding tert-OH is 1. The van der Waals surface area contributed by atoms with Gasteiger partial charge in [-0.25, -0.2) is 4.79 Å². The van der Waals surface area contributed by atoms with Crippen molar-refractivity contribution < 1.29 is 19.4 Å². The van der Waals surface area contributed by atoms with Gasteiger partial charge >= 0.3 is 5.97 Å². The summed E-state index contributed by atoms with van der Waals surface area (Å²) in [6.07, 6.45) is 1.08. The van der Waals surface area contributed by atoms with Gasteiger partial charge in [0.1, 0.15) is 6.61 Å². The zero-order valence-corrected chi connectivity index (χ0v) is 15.2. The number of β-amino-alcohol motifs (C(OH)–C–C–N with tert-alkyl or cyclic N) is 1. The molecule has 2 aliphatic rings. The maximum Gasteiger partial charge on any atom is 0.338 e. The molecular weight excluding hydrogens is 334 g/mol. The molecule has 0 radical (unpaired) electrons. The number of aliphatic imine (C=N–C) groups is 1. The van der Waals surface area contributed by atoms with Gasteiger partial charge in [0.2, 0.25) is 0 Å². The lowest BCUT2D eigenvalue weighted by molar-refractivity contribution is -0.115. The second kappa shape index (κ2) is 7.97. The minimum atomic E-state index is -0.614. The molecule has 0 bridgehead atoms. The maximum atomic E-state index is 11.9. The molecule has 26 heavy (non-hydrogen) atoms. The van der Waals surface area contributed by atoms with Crippen LogP contribution in [0.5, 0.6) is 0 Å². The molecule has 7 heteroatoms. The Morgan fingerprint density at radius 3 is 2.85 bits per heavy atom. The minimum Gasteiger partial charge on any atom is -0.457 e. The Bertz CT molecular complexity index is 723. The van der Waals surface area contributed by atoms with E-state index >= 15 is 0 Å². The number of hydrogen-bond donors (Lipinski definition) is 2. The molecule has 1 aromatic carbocycles. The molecule has 0 aliphatic carbocycles. The van der Waals surface area contributed by atoms with Crippen LogP contribution in [0.25, 0.3) is 0 Å². The van der Waals surface area contributed by atoms with E-state index in [1.807, 2.05) is 6.07 Å². The van der Waals surface area contributed by atoms with Gasteiger partial charge in [0.15, 0.2) is 0 Å². The van der Waals surface area contributed by atoms with Gasteiger partial charge in [-0.2, -0.15) is 0 Å². The fraction of sp³-hybridized carbons (Fsp3) is 0.526. The summed E-state index contributed by atoms with van der Waals surface area (Å²) < 4.78 is 5.00. The Morgan fingerprint density at radius 2 is 2.15 bits per heavy atom. The van der Waals surface area contributed by atoms with E-state index in [0.29, 0.717) is 17.8 Å². The summed E-state index contributed by atoms with van der Waals surface area (Å²) in [6.45, 7) is 4.15. The monoisotopic (exact) mass is 359 g/mol. The number of likely N-dealkylation sites (tertiary alicyclic amines) is 1. The van der Waals surface area contributed by atoms with E-state index < -0.39 is 6.10 Å². The fourth-order valence-corrected chi connectivity index (χ4v) is 3.36. The van der Waals surface area contributed by atoms with Crippen LogP contribution in [0.15, 0.2) is 23.2 Å². The van der Waals surface area contributed by atoms with Crippen LogP contribution in [0.4, 0.5) is 0 Å². The molecule has 1 aromatic rings. The van der Waals surface area contributed by atoms with Gasteiger partial charge in [-0.15, -0.1) is 0 Å². The number of cyclic esters (lactones) is 1. The zero-order chi connectivity index (χ0) is 18.7. The predicted octanol–water partition coefficient (Wildman–Crippen LogP) is 1.06. The quantitative estimate of drug-likeness (QED) is 0.606. The number of fused-ring (bicyclic) bond motifs is 1. The van der Waals surface area contributed by atoms with Gasteiger partial charge in [0.25, 0.3) is 5.91 Å². The highest BCUT2D eigenvalue weighted by molar-refractivity contribution is 6.37. The molecule has 3 rings (SSSR count). The van der Waals surface area contributed by atoms with Crippen molar-refractivity contribution in [3.05, 3.63) is 34.9 Å². The number of hydrogen-bond acceptors (Lipinski definition) is 6. The number of rotatable bonds is 5. The lowest BCUT2D eigenvalue weighted by Crippen LogP contribution is -2.47. The molecule has 2 aliphatic heterocycles. The van der Waals surface area contributed by atoms with Gasteiger partial charge in [0.05, 0.1) is 17.4 Å². The van der Waals surface area contributed by atoms with Gasteiger partial charge < -0.3 is 20.1 Å². The van der Waals surface area contributed by atoms with E-state index in [1.54, 1.807) is 26.1 Å². The summed E-state index contributed by atoms with van der Waals surface area (Å²) >= 11 is 0. The van der Waals surface area contributed by atoms with E-state index in [-0.39, 0.29) is 24.5 Å². The smallest absolute Gasteiger partial charge is 0.338 e. The van der Waals surface area contributed by atoms with Gasteiger partial charge in [0, 0.05) is 38.3 Å². The molecule has 1 atom stereocenters. The molecule has 1 unspecified atom stereocenters. The normalized spacial score (nSPS) is 19.8. The summed E-state index contributed by atoms with van der Waals surface area (Å²) in [5.74, 6) is -0.408. The Hall–Kier alpha value is -2.25. The summed E-state index contributed by atoms with van der Waals surface area (Å²) in [4.78, 5) is 29.5. The van der Waals surface area contributed by atoms with E-state index in [1.165, 1.54) is 0 Å². The first-order chi connectivity index (χ1) is 12.5. The first-order valence-electron chi connectivity index (χ1n) is 8.92. The highest BCUT2D eigenvalue weighted by atomic mass is 16.5. The molecule has 7 nitrogen and oxygen atoms in total. The van der Waals surface area contributed by atoms with Crippen LogP contribution >= 0.6 is 0 Å². The molecule has 0 aromatic heterocycles. The van der Waals surface area contributed by atoms with Crippen LogP contribution < -0.4 is 5.32 Å². The number of aliphatic hydroxyl groups is 1. The molecule has 1 fully saturated rings. The lowest BCUT2D eigenvalue weighted by Gasteiger charge is -2.33. The van der Waals surface area contributed by atoms with Crippen molar-refractivity contribution in [2.24, 2.45) is 4.99 Å². The van der Waals surface area contributed by atoms with Gasteiger partial charge in [-0.05, 0) is 37.5 Å². The third-order valence-electron chi connectivity index (χ3n) is 5.11. The third-order valence-corrected chi connectivity index (χ3v) is 5.11. The first-order valence-corrected chi connectivity index (χ1v) is 8.92. The van der Waals surface area contributed by atoms with E-state index in [9.17, 15) is 14.7 Å². The van der Waals surface area contributed by atoms with Crippen LogP contribution in [0, 0.1) is 0 Å². The number of benzene rings is 1. The summed E-state index contributed by atoms with van der Waals surface area (Å²) in [5.41, 5.74) is 2.71. The molecule has 1 amide bonds. The number of carbonyl (C=O) groups is 2. The molecule has 2 heterocycles. The number of nitrogens with zero attached hydrogens (tertiary/aromatic N) is 2. The van der Waals surface area contributed by atoms with Crippen molar-refractivity contribution in [2.45, 2.75) is 38.5 Å². The van der Waals surface area contributed by atoms with E-state index in [0.717, 1.165) is 37.1 Å². The van der Waals surface area contributed by atoms with Crippen LogP contribution in [0.3, 0.4) is 0 Å². The number of esters is 1.